The molecule has 4 rings (SSSR count). The minimum absolute atomic E-state index is 0.187. The van der Waals surface area contributed by atoms with Crippen LogP contribution < -0.4 is 11.1 Å². The van der Waals surface area contributed by atoms with E-state index in [2.05, 4.69) is 10.4 Å². The van der Waals surface area contributed by atoms with Gasteiger partial charge in [0.05, 0.1) is 17.7 Å². The molecule has 0 fully saturated rings. The van der Waals surface area contributed by atoms with E-state index in [1.54, 1.807) is 6.07 Å². The van der Waals surface area contributed by atoms with Gasteiger partial charge in [-0.1, -0.05) is 0 Å². The number of fused-ring (bicyclic) bond motifs is 2. The maximum Gasteiger partial charge on any atom is 0.254 e. The standard InChI is InChI=1S/C17H19FN4O2/c18-9-1-3-14-12(7-9)11(5-6-20-14)17(24)22-15-4-2-10(23)8-13(15)16(19)21-22/h1,3,7,10-11,20,23H,2,4-6,8H2,(H2,19,21)/t10-,11-/m1/s1. The molecular weight excluding hydrogens is 311 g/mol. The van der Waals surface area contributed by atoms with Crippen LogP contribution in [0.3, 0.4) is 0 Å². The zero-order chi connectivity index (χ0) is 16.8. The van der Waals surface area contributed by atoms with Crippen LogP contribution >= 0.6 is 0 Å². The predicted molar refractivity (Wildman–Crippen MR) is 87.5 cm³/mol. The number of halogens is 1. The summed E-state index contributed by atoms with van der Waals surface area (Å²) in [6.45, 7) is 0.646. The minimum atomic E-state index is -0.452. The fourth-order valence-electron chi connectivity index (χ4n) is 3.70. The number of nitrogens with two attached hydrogens (primary N) is 1. The summed E-state index contributed by atoms with van der Waals surface area (Å²) >= 11 is 0. The van der Waals surface area contributed by atoms with Gasteiger partial charge in [-0.3, -0.25) is 4.79 Å². The van der Waals surface area contributed by atoms with Crippen molar-refractivity contribution in [1.82, 2.24) is 9.78 Å². The Labute approximate surface area is 138 Å². The van der Waals surface area contributed by atoms with E-state index in [1.807, 2.05) is 0 Å². The Bertz CT molecular complexity index is 817. The lowest BCUT2D eigenvalue weighted by atomic mass is 9.89. The molecule has 24 heavy (non-hydrogen) atoms. The monoisotopic (exact) mass is 330 g/mol. The maximum absolute atomic E-state index is 13.6. The smallest absolute Gasteiger partial charge is 0.254 e. The second-order valence-corrected chi connectivity index (χ2v) is 6.46. The normalized spacial score (nSPS) is 22.4. The summed E-state index contributed by atoms with van der Waals surface area (Å²) in [5, 5.41) is 17.2. The summed E-state index contributed by atoms with van der Waals surface area (Å²) in [6, 6.07) is 4.45. The van der Waals surface area contributed by atoms with Crippen LogP contribution in [-0.4, -0.2) is 33.4 Å². The van der Waals surface area contributed by atoms with Crippen LogP contribution in [0, 0.1) is 5.82 Å². The molecular formula is C17H19FN4O2. The van der Waals surface area contributed by atoms with Gasteiger partial charge in [-0.05, 0) is 43.0 Å². The van der Waals surface area contributed by atoms with E-state index in [0.717, 1.165) is 16.9 Å². The van der Waals surface area contributed by atoms with Crippen LogP contribution in [-0.2, 0) is 12.8 Å². The molecule has 126 valence electrons. The van der Waals surface area contributed by atoms with Gasteiger partial charge in [0.1, 0.15) is 11.6 Å². The number of rotatable bonds is 1. The van der Waals surface area contributed by atoms with Gasteiger partial charge in [-0.25, -0.2) is 9.07 Å². The van der Waals surface area contributed by atoms with Crippen molar-refractivity contribution in [1.29, 1.82) is 0 Å². The highest BCUT2D eigenvalue weighted by Gasteiger charge is 2.33. The Morgan fingerprint density at radius 3 is 3.08 bits per heavy atom. The summed E-state index contributed by atoms with van der Waals surface area (Å²) in [4.78, 5) is 13.1. The fourth-order valence-corrected chi connectivity index (χ4v) is 3.70. The van der Waals surface area contributed by atoms with Crippen molar-refractivity contribution >= 4 is 17.4 Å². The topological polar surface area (TPSA) is 93.2 Å². The number of carbonyl (C=O) groups excluding carboxylic acids is 1. The zero-order valence-electron chi connectivity index (χ0n) is 13.1. The lowest BCUT2D eigenvalue weighted by Gasteiger charge is -2.26. The Hall–Kier alpha value is -2.41. The number of aromatic nitrogens is 2. The first kappa shape index (κ1) is 15.1. The first-order chi connectivity index (χ1) is 11.5. The molecule has 7 heteroatoms. The molecule has 0 saturated heterocycles. The molecule has 0 bridgehead atoms. The van der Waals surface area contributed by atoms with Crippen LogP contribution in [0.2, 0.25) is 0 Å². The predicted octanol–water partition coefficient (Wildman–Crippen LogP) is 1.69. The molecule has 0 radical (unpaired) electrons. The molecule has 4 N–H and O–H groups in total. The van der Waals surface area contributed by atoms with Gasteiger partial charge >= 0.3 is 0 Å². The minimum Gasteiger partial charge on any atom is -0.393 e. The summed E-state index contributed by atoms with van der Waals surface area (Å²) in [5.74, 6) is -0.703. The van der Waals surface area contributed by atoms with Crippen molar-refractivity contribution in [3.8, 4) is 0 Å². The Kier molecular flexibility index (Phi) is 3.53. The number of nitrogens with zero attached hydrogens (tertiary/aromatic N) is 2. The largest absolute Gasteiger partial charge is 0.393 e. The third-order valence-corrected chi connectivity index (χ3v) is 4.92. The molecule has 2 aromatic rings. The molecule has 0 unspecified atom stereocenters. The number of aliphatic hydroxyl groups is 1. The number of hydrogen-bond acceptors (Lipinski definition) is 5. The van der Waals surface area contributed by atoms with Crippen LogP contribution in [0.1, 0.15) is 40.4 Å². The fraction of sp³-hybridized carbons (Fsp3) is 0.412. The first-order valence-corrected chi connectivity index (χ1v) is 8.16. The summed E-state index contributed by atoms with van der Waals surface area (Å²) in [7, 11) is 0. The van der Waals surface area contributed by atoms with Crippen LogP contribution in [0.25, 0.3) is 0 Å². The van der Waals surface area contributed by atoms with Gasteiger partial charge in [-0.2, -0.15) is 0 Å². The first-order valence-electron chi connectivity index (χ1n) is 8.16. The number of hydrogen-bond donors (Lipinski definition) is 3. The van der Waals surface area contributed by atoms with Crippen molar-refractivity contribution in [3.63, 3.8) is 0 Å². The lowest BCUT2D eigenvalue weighted by Crippen LogP contribution is -2.30. The molecule has 1 aliphatic heterocycles. The maximum atomic E-state index is 13.6. The van der Waals surface area contributed by atoms with Crippen molar-refractivity contribution in [2.75, 3.05) is 17.6 Å². The number of anilines is 2. The molecule has 2 heterocycles. The van der Waals surface area contributed by atoms with E-state index in [4.69, 9.17) is 5.73 Å². The second kappa shape index (κ2) is 5.59. The van der Waals surface area contributed by atoms with E-state index in [0.29, 0.717) is 43.6 Å². The molecule has 6 nitrogen and oxygen atoms in total. The van der Waals surface area contributed by atoms with E-state index in [1.165, 1.54) is 16.8 Å². The Morgan fingerprint density at radius 2 is 2.25 bits per heavy atom. The zero-order valence-corrected chi connectivity index (χ0v) is 13.1. The summed E-state index contributed by atoms with van der Waals surface area (Å²) < 4.78 is 15.0. The van der Waals surface area contributed by atoms with Gasteiger partial charge in [0.15, 0.2) is 0 Å². The van der Waals surface area contributed by atoms with Crippen molar-refractivity contribution in [3.05, 3.63) is 40.8 Å². The molecule has 0 spiro atoms. The van der Waals surface area contributed by atoms with Gasteiger partial charge in [-0.15, -0.1) is 5.10 Å². The van der Waals surface area contributed by atoms with Gasteiger partial charge in [0.2, 0.25) is 0 Å². The number of carbonyl (C=O) groups is 1. The van der Waals surface area contributed by atoms with E-state index in [-0.39, 0.29) is 11.7 Å². The van der Waals surface area contributed by atoms with Crippen LogP contribution in [0.4, 0.5) is 15.9 Å². The molecule has 1 aliphatic carbocycles. The average Bonchev–Trinajstić information content (AvgIpc) is 2.90. The third-order valence-electron chi connectivity index (χ3n) is 4.92. The van der Waals surface area contributed by atoms with Gasteiger partial charge in [0.25, 0.3) is 5.91 Å². The highest BCUT2D eigenvalue weighted by molar-refractivity contribution is 5.89. The highest BCUT2D eigenvalue weighted by Crippen LogP contribution is 2.35. The number of aliphatic hydroxyl groups excluding tert-OH is 1. The van der Waals surface area contributed by atoms with Crippen molar-refractivity contribution in [2.24, 2.45) is 0 Å². The average molecular weight is 330 g/mol. The van der Waals surface area contributed by atoms with Crippen molar-refractivity contribution < 1.29 is 14.3 Å². The van der Waals surface area contributed by atoms with Gasteiger partial charge in [0, 0.05) is 24.2 Å². The second-order valence-electron chi connectivity index (χ2n) is 6.46. The third kappa shape index (κ3) is 2.36. The molecule has 2 atom stereocenters. The summed E-state index contributed by atoms with van der Waals surface area (Å²) in [5.41, 5.74) is 8.92. The SMILES string of the molecule is Nc1nn(C(=O)[C@@H]2CCNc3ccc(F)cc32)c2c1C[C@H](O)CC2. The quantitative estimate of drug-likeness (QED) is 0.740. The van der Waals surface area contributed by atoms with E-state index in [9.17, 15) is 14.3 Å². The number of benzene rings is 1. The highest BCUT2D eigenvalue weighted by atomic mass is 19.1. The van der Waals surface area contributed by atoms with Crippen LogP contribution in [0.5, 0.6) is 0 Å². The Morgan fingerprint density at radius 1 is 1.42 bits per heavy atom. The summed E-state index contributed by atoms with van der Waals surface area (Å²) in [6.07, 6.45) is 1.70. The van der Waals surface area contributed by atoms with Crippen LogP contribution in [0.15, 0.2) is 18.2 Å². The van der Waals surface area contributed by atoms with E-state index >= 15 is 0 Å². The van der Waals surface area contributed by atoms with E-state index < -0.39 is 12.0 Å². The van der Waals surface area contributed by atoms with Crippen molar-refractivity contribution in [2.45, 2.75) is 37.7 Å². The molecule has 1 aromatic carbocycles. The molecule has 0 amide bonds. The lowest BCUT2D eigenvalue weighted by molar-refractivity contribution is 0.0848. The number of nitrogen functional groups attached to an aromatic ring is 1. The molecule has 2 aliphatic rings. The Balaban J connectivity index is 1.74. The van der Waals surface area contributed by atoms with Gasteiger partial charge < -0.3 is 16.2 Å². The molecule has 1 aromatic heterocycles. The number of nitrogens with one attached hydrogen (secondary N) is 1. The molecule has 0 saturated carbocycles.